The number of benzene rings is 1. The Balaban J connectivity index is 2.30. The van der Waals surface area contributed by atoms with Gasteiger partial charge in [0.05, 0.1) is 23.5 Å². The summed E-state index contributed by atoms with van der Waals surface area (Å²) in [7, 11) is 0. The average Bonchev–Trinajstić information content (AvgIpc) is 2.94. The third-order valence-electron chi connectivity index (χ3n) is 3.67. The van der Waals surface area contributed by atoms with Crippen molar-refractivity contribution in [2.45, 2.75) is 32.5 Å². The smallest absolute Gasteiger partial charge is 0.341 e. The lowest BCUT2D eigenvalue weighted by molar-refractivity contribution is -0.137. The van der Waals surface area contributed by atoms with Crippen molar-refractivity contribution in [1.29, 1.82) is 0 Å². The number of aromatic nitrogens is 2. The Hall–Kier alpha value is -1.82. The quantitative estimate of drug-likeness (QED) is 0.891. The summed E-state index contributed by atoms with van der Waals surface area (Å²) >= 11 is 0. The van der Waals surface area contributed by atoms with Crippen LogP contribution in [0.5, 0.6) is 0 Å². The van der Waals surface area contributed by atoms with E-state index in [0.717, 1.165) is 18.6 Å². The molecule has 2 rings (SSSR count). The largest absolute Gasteiger partial charge is 0.416 e. The van der Waals surface area contributed by atoms with E-state index in [2.05, 4.69) is 9.97 Å². The first-order valence-electron chi connectivity index (χ1n) is 6.81. The zero-order valence-electron chi connectivity index (χ0n) is 11.9. The van der Waals surface area contributed by atoms with E-state index >= 15 is 0 Å². The second kappa shape index (κ2) is 5.89. The molecule has 0 amide bonds. The van der Waals surface area contributed by atoms with E-state index in [1.165, 1.54) is 12.3 Å². The summed E-state index contributed by atoms with van der Waals surface area (Å²) < 4.78 is 38.2. The number of aromatic amines is 1. The van der Waals surface area contributed by atoms with Gasteiger partial charge in [0.25, 0.3) is 0 Å². The molecule has 0 spiro atoms. The fraction of sp³-hybridized carbons (Fsp3) is 0.400. The lowest BCUT2D eigenvalue weighted by Crippen LogP contribution is -2.19. The van der Waals surface area contributed by atoms with Crippen molar-refractivity contribution in [3.05, 3.63) is 41.9 Å². The van der Waals surface area contributed by atoms with Gasteiger partial charge in [0.2, 0.25) is 0 Å². The minimum atomic E-state index is -4.36. The zero-order valence-corrected chi connectivity index (χ0v) is 11.9. The number of nitrogens with two attached hydrogens (primary N) is 1. The summed E-state index contributed by atoms with van der Waals surface area (Å²) in [5.74, 6) is 0.835. The van der Waals surface area contributed by atoms with Gasteiger partial charge in [0, 0.05) is 5.56 Å². The Morgan fingerprint density at radius 3 is 2.67 bits per heavy atom. The Bertz CT molecular complexity index is 604. The molecule has 0 saturated carbocycles. The first-order chi connectivity index (χ1) is 9.82. The second-order valence-electron chi connectivity index (χ2n) is 5.17. The topological polar surface area (TPSA) is 54.7 Å². The summed E-state index contributed by atoms with van der Waals surface area (Å²) in [4.78, 5) is 7.21. The van der Waals surface area contributed by atoms with Crippen LogP contribution >= 0.6 is 0 Å². The SMILES string of the molecule is CCC(C)C(N)c1ncc(-c2cccc(C(F)(F)F)c2)[nH]1. The highest BCUT2D eigenvalue weighted by atomic mass is 19.4. The van der Waals surface area contributed by atoms with Crippen LogP contribution in [0.2, 0.25) is 0 Å². The molecule has 1 aromatic heterocycles. The van der Waals surface area contributed by atoms with E-state index in [1.54, 1.807) is 6.07 Å². The van der Waals surface area contributed by atoms with Crippen LogP contribution in [-0.4, -0.2) is 9.97 Å². The first-order valence-corrected chi connectivity index (χ1v) is 6.81. The fourth-order valence-electron chi connectivity index (χ4n) is 2.04. The molecule has 2 atom stereocenters. The van der Waals surface area contributed by atoms with Crippen LogP contribution in [0.25, 0.3) is 11.3 Å². The predicted molar refractivity (Wildman–Crippen MR) is 75.4 cm³/mol. The second-order valence-corrected chi connectivity index (χ2v) is 5.17. The van der Waals surface area contributed by atoms with E-state index < -0.39 is 11.7 Å². The number of imidazole rings is 1. The van der Waals surface area contributed by atoms with Gasteiger partial charge in [-0.25, -0.2) is 4.98 Å². The minimum absolute atomic E-state index is 0.241. The van der Waals surface area contributed by atoms with Crippen molar-refractivity contribution in [1.82, 2.24) is 9.97 Å². The maximum atomic E-state index is 12.7. The third kappa shape index (κ3) is 3.44. The molecule has 0 radical (unpaired) electrons. The van der Waals surface area contributed by atoms with Gasteiger partial charge in [0.15, 0.2) is 0 Å². The molecule has 0 fully saturated rings. The average molecular weight is 297 g/mol. The lowest BCUT2D eigenvalue weighted by atomic mass is 10.00. The van der Waals surface area contributed by atoms with Crippen molar-refractivity contribution in [2.75, 3.05) is 0 Å². The van der Waals surface area contributed by atoms with Gasteiger partial charge >= 0.3 is 6.18 Å². The van der Waals surface area contributed by atoms with Crippen LogP contribution in [0.15, 0.2) is 30.5 Å². The van der Waals surface area contributed by atoms with Gasteiger partial charge in [-0.3, -0.25) is 0 Å². The maximum Gasteiger partial charge on any atom is 0.416 e. The number of hydrogen-bond acceptors (Lipinski definition) is 2. The molecule has 2 unspecified atom stereocenters. The van der Waals surface area contributed by atoms with Crippen molar-refractivity contribution in [3.63, 3.8) is 0 Å². The molecule has 21 heavy (non-hydrogen) atoms. The number of nitrogens with zero attached hydrogens (tertiary/aromatic N) is 1. The van der Waals surface area contributed by atoms with Crippen molar-refractivity contribution in [3.8, 4) is 11.3 Å². The Morgan fingerprint density at radius 1 is 1.33 bits per heavy atom. The standard InChI is InChI=1S/C15H18F3N3/c1-3-9(2)13(19)14-20-8-12(21-14)10-5-4-6-11(7-10)15(16,17)18/h4-9,13H,3,19H2,1-2H3,(H,20,21). The highest BCUT2D eigenvalue weighted by Crippen LogP contribution is 2.32. The molecule has 3 N–H and O–H groups in total. The van der Waals surface area contributed by atoms with Crippen molar-refractivity contribution in [2.24, 2.45) is 11.7 Å². The Kier molecular flexibility index (Phi) is 4.37. The monoisotopic (exact) mass is 297 g/mol. The minimum Gasteiger partial charge on any atom is -0.341 e. The van der Waals surface area contributed by atoms with Crippen LogP contribution in [0.1, 0.15) is 37.7 Å². The fourth-order valence-corrected chi connectivity index (χ4v) is 2.04. The van der Waals surface area contributed by atoms with Gasteiger partial charge < -0.3 is 10.7 Å². The van der Waals surface area contributed by atoms with Gasteiger partial charge in [-0.15, -0.1) is 0 Å². The van der Waals surface area contributed by atoms with Gasteiger partial charge in [-0.2, -0.15) is 13.2 Å². The molecule has 114 valence electrons. The summed E-state index contributed by atoms with van der Waals surface area (Å²) in [5, 5.41) is 0. The maximum absolute atomic E-state index is 12.7. The molecule has 0 aliphatic heterocycles. The molecule has 0 saturated heterocycles. The number of alkyl halides is 3. The third-order valence-corrected chi connectivity index (χ3v) is 3.67. The first kappa shape index (κ1) is 15.6. The lowest BCUT2D eigenvalue weighted by Gasteiger charge is -2.15. The molecule has 0 bridgehead atoms. The van der Waals surface area contributed by atoms with E-state index in [4.69, 9.17) is 5.73 Å². The van der Waals surface area contributed by atoms with Crippen LogP contribution in [-0.2, 0) is 6.18 Å². The highest BCUT2D eigenvalue weighted by Gasteiger charge is 2.30. The number of halogens is 3. The van der Waals surface area contributed by atoms with E-state index in [1.807, 2.05) is 13.8 Å². The highest BCUT2D eigenvalue weighted by molar-refractivity contribution is 5.59. The van der Waals surface area contributed by atoms with Gasteiger partial charge in [0.1, 0.15) is 5.82 Å². The summed E-state index contributed by atoms with van der Waals surface area (Å²) in [6.07, 6.45) is -1.93. The van der Waals surface area contributed by atoms with E-state index in [9.17, 15) is 13.2 Å². The van der Waals surface area contributed by atoms with Crippen LogP contribution in [0.4, 0.5) is 13.2 Å². The van der Waals surface area contributed by atoms with Gasteiger partial charge in [-0.1, -0.05) is 32.4 Å². The van der Waals surface area contributed by atoms with Crippen molar-refractivity contribution < 1.29 is 13.2 Å². The molecule has 0 aliphatic rings. The molecule has 1 heterocycles. The molecule has 3 nitrogen and oxygen atoms in total. The predicted octanol–water partition coefficient (Wildman–Crippen LogP) is 4.14. The number of rotatable bonds is 4. The zero-order chi connectivity index (χ0) is 15.6. The van der Waals surface area contributed by atoms with Crippen LogP contribution in [0, 0.1) is 5.92 Å². The summed E-state index contributed by atoms with van der Waals surface area (Å²) in [6.45, 7) is 4.04. The molecule has 6 heteroatoms. The molecule has 0 aliphatic carbocycles. The van der Waals surface area contributed by atoms with Gasteiger partial charge in [-0.05, 0) is 18.1 Å². The normalized spacial score (nSPS) is 15.0. The molecular weight excluding hydrogens is 279 g/mol. The Morgan fingerprint density at radius 2 is 2.05 bits per heavy atom. The van der Waals surface area contributed by atoms with Crippen LogP contribution in [0.3, 0.4) is 0 Å². The van der Waals surface area contributed by atoms with Crippen molar-refractivity contribution >= 4 is 0 Å². The number of nitrogens with one attached hydrogen (secondary N) is 1. The molecular formula is C15H18F3N3. The van der Waals surface area contributed by atoms with E-state index in [-0.39, 0.29) is 12.0 Å². The van der Waals surface area contributed by atoms with E-state index in [0.29, 0.717) is 17.1 Å². The van der Waals surface area contributed by atoms with Crippen LogP contribution < -0.4 is 5.73 Å². The summed E-state index contributed by atoms with van der Waals surface area (Å²) in [6, 6.07) is 4.89. The number of hydrogen-bond donors (Lipinski definition) is 2. The molecule has 2 aromatic rings. The molecule has 1 aromatic carbocycles. The Labute approximate surface area is 121 Å². The number of H-pyrrole nitrogens is 1. The summed E-state index contributed by atoms with van der Waals surface area (Å²) in [5.41, 5.74) is 6.37.